The number of amides is 2. The molecule has 2 aromatic carbocycles. The first-order valence-electron chi connectivity index (χ1n) is 14.0. The Kier molecular flexibility index (Phi) is 9.73. The van der Waals surface area contributed by atoms with Gasteiger partial charge in [0.05, 0.1) is 13.2 Å². The highest BCUT2D eigenvalue weighted by atomic mass is 32.2. The van der Waals surface area contributed by atoms with Crippen LogP contribution in [-0.2, 0) is 19.6 Å². The van der Waals surface area contributed by atoms with Crippen molar-refractivity contribution in [1.82, 2.24) is 14.1 Å². The molecule has 10 nitrogen and oxygen atoms in total. The normalized spacial score (nSPS) is 22.0. The zero-order chi connectivity index (χ0) is 29.9. The van der Waals surface area contributed by atoms with Crippen LogP contribution in [0.4, 0.5) is 0 Å². The number of aliphatic hydroxyl groups excluding tert-OH is 1. The first-order chi connectivity index (χ1) is 19.4. The molecule has 2 aliphatic rings. The summed E-state index contributed by atoms with van der Waals surface area (Å²) in [5.41, 5.74) is 2.06. The molecule has 0 aromatic heterocycles. The molecule has 41 heavy (non-hydrogen) atoms. The zero-order valence-corrected chi connectivity index (χ0v) is 25.3. The molecule has 0 unspecified atom stereocenters. The van der Waals surface area contributed by atoms with E-state index < -0.39 is 22.2 Å². The summed E-state index contributed by atoms with van der Waals surface area (Å²) in [6.45, 7) is 4.79. The summed E-state index contributed by atoms with van der Waals surface area (Å²) in [5.74, 6) is -0.282. The molecule has 3 atom stereocenters. The number of rotatable bonds is 7. The number of ether oxygens (including phenoxy) is 2. The SMILES string of the molecule is C[C@H]1CN([C@@H](C)CO)S(=O)(=O)c2ccc(-c3ccc(C(=O)N(C)C)cc3)cc2O[C@H]1CN(C)C(=O)C1CCOCC1. The van der Waals surface area contributed by atoms with Crippen molar-refractivity contribution >= 4 is 21.8 Å². The van der Waals surface area contributed by atoms with E-state index in [9.17, 15) is 23.1 Å². The van der Waals surface area contributed by atoms with Crippen molar-refractivity contribution in [3.63, 3.8) is 0 Å². The van der Waals surface area contributed by atoms with E-state index in [1.807, 2.05) is 19.1 Å². The lowest BCUT2D eigenvalue weighted by molar-refractivity contribution is -0.138. The lowest BCUT2D eigenvalue weighted by Crippen LogP contribution is -2.50. The van der Waals surface area contributed by atoms with Gasteiger partial charge in [0.1, 0.15) is 16.7 Å². The molecule has 1 saturated heterocycles. The van der Waals surface area contributed by atoms with Crippen molar-refractivity contribution in [1.29, 1.82) is 0 Å². The minimum Gasteiger partial charge on any atom is -0.487 e. The number of likely N-dealkylation sites (N-methyl/N-ethyl adjacent to an activating group) is 1. The maximum absolute atomic E-state index is 13.8. The first kappa shape index (κ1) is 31.0. The van der Waals surface area contributed by atoms with E-state index in [0.717, 1.165) is 11.1 Å². The van der Waals surface area contributed by atoms with Crippen LogP contribution in [-0.4, -0.2) is 106 Å². The van der Waals surface area contributed by atoms with Gasteiger partial charge in [0.15, 0.2) is 0 Å². The van der Waals surface area contributed by atoms with E-state index >= 15 is 0 Å². The lowest BCUT2D eigenvalue weighted by atomic mass is 9.97. The minimum absolute atomic E-state index is 0.0104. The van der Waals surface area contributed by atoms with Crippen LogP contribution in [0.15, 0.2) is 47.4 Å². The number of hydrogen-bond donors (Lipinski definition) is 1. The molecular formula is C30H41N3O7S. The van der Waals surface area contributed by atoms with E-state index in [1.54, 1.807) is 57.2 Å². The first-order valence-corrected chi connectivity index (χ1v) is 15.5. The highest BCUT2D eigenvalue weighted by Gasteiger charge is 2.39. The van der Waals surface area contributed by atoms with Gasteiger partial charge < -0.3 is 24.4 Å². The molecule has 0 spiro atoms. The number of sulfonamides is 1. The summed E-state index contributed by atoms with van der Waals surface area (Å²) in [7, 11) is 1.14. The van der Waals surface area contributed by atoms with Crippen LogP contribution in [0.2, 0.25) is 0 Å². The van der Waals surface area contributed by atoms with Gasteiger partial charge >= 0.3 is 0 Å². The van der Waals surface area contributed by atoms with Gasteiger partial charge in [-0.1, -0.05) is 25.1 Å². The fraction of sp³-hybridized carbons (Fsp3) is 0.533. The molecule has 11 heteroatoms. The van der Waals surface area contributed by atoms with Gasteiger partial charge in [-0.2, -0.15) is 4.31 Å². The van der Waals surface area contributed by atoms with Crippen molar-refractivity contribution < 1.29 is 32.6 Å². The molecule has 2 aromatic rings. The van der Waals surface area contributed by atoms with Crippen LogP contribution in [0.1, 0.15) is 37.0 Å². The quantitative estimate of drug-likeness (QED) is 0.530. The molecule has 1 fully saturated rings. The molecule has 0 saturated carbocycles. The molecule has 224 valence electrons. The molecule has 2 aliphatic heterocycles. The molecule has 0 aliphatic carbocycles. The third-order valence-electron chi connectivity index (χ3n) is 7.94. The number of carbonyl (C=O) groups excluding carboxylic acids is 2. The van der Waals surface area contributed by atoms with Crippen LogP contribution in [0.3, 0.4) is 0 Å². The van der Waals surface area contributed by atoms with E-state index in [4.69, 9.17) is 9.47 Å². The topological polar surface area (TPSA) is 117 Å². The Morgan fingerprint density at radius 1 is 1.05 bits per heavy atom. The van der Waals surface area contributed by atoms with Crippen LogP contribution in [0, 0.1) is 11.8 Å². The van der Waals surface area contributed by atoms with Gasteiger partial charge in [-0.25, -0.2) is 8.42 Å². The Morgan fingerprint density at radius 3 is 2.29 bits per heavy atom. The van der Waals surface area contributed by atoms with E-state index in [-0.39, 0.29) is 54.0 Å². The highest BCUT2D eigenvalue weighted by Crippen LogP contribution is 2.37. The second-order valence-electron chi connectivity index (χ2n) is 11.3. The van der Waals surface area contributed by atoms with Crippen molar-refractivity contribution in [3.8, 4) is 16.9 Å². The molecule has 4 rings (SSSR count). The van der Waals surface area contributed by atoms with Gasteiger partial charge in [-0.3, -0.25) is 9.59 Å². The Morgan fingerprint density at radius 2 is 1.68 bits per heavy atom. The van der Waals surface area contributed by atoms with Gasteiger partial charge in [0, 0.05) is 64.3 Å². The highest BCUT2D eigenvalue weighted by molar-refractivity contribution is 7.89. The standard InChI is InChI=1S/C30H41N3O7S/c1-20-17-33(21(2)19-34)41(37,38)28-11-10-25(22-6-8-23(9-7-22)29(35)31(3)4)16-26(28)40-27(20)18-32(5)30(36)24-12-14-39-15-13-24/h6-11,16,20-21,24,27,34H,12-15,17-19H2,1-5H3/t20-,21-,27-/m0/s1. The number of aliphatic hydroxyl groups is 1. The number of nitrogens with zero attached hydrogens (tertiary/aromatic N) is 3. The Labute approximate surface area is 242 Å². The molecule has 2 heterocycles. The second kappa shape index (κ2) is 12.9. The third-order valence-corrected chi connectivity index (χ3v) is 9.96. The van der Waals surface area contributed by atoms with Crippen LogP contribution < -0.4 is 4.74 Å². The fourth-order valence-corrected chi connectivity index (χ4v) is 7.13. The maximum atomic E-state index is 13.8. The van der Waals surface area contributed by atoms with Crippen molar-refractivity contribution in [2.24, 2.45) is 11.8 Å². The summed E-state index contributed by atoms with van der Waals surface area (Å²) < 4.78 is 40.8. The van der Waals surface area contributed by atoms with Crippen molar-refractivity contribution in [3.05, 3.63) is 48.0 Å². The molecule has 2 amide bonds. The summed E-state index contributed by atoms with van der Waals surface area (Å²) in [6, 6.07) is 11.4. The van der Waals surface area contributed by atoms with Crippen LogP contribution in [0.25, 0.3) is 11.1 Å². The summed E-state index contributed by atoms with van der Waals surface area (Å²) in [5, 5.41) is 9.90. The van der Waals surface area contributed by atoms with Gasteiger partial charge in [-0.05, 0) is 55.2 Å². The molecule has 0 bridgehead atoms. The smallest absolute Gasteiger partial charge is 0.253 e. The summed E-state index contributed by atoms with van der Waals surface area (Å²) in [4.78, 5) is 28.7. The second-order valence-corrected chi connectivity index (χ2v) is 13.1. The lowest BCUT2D eigenvalue weighted by Gasteiger charge is -2.38. The van der Waals surface area contributed by atoms with Crippen molar-refractivity contribution in [2.75, 3.05) is 54.1 Å². The minimum atomic E-state index is -3.99. The van der Waals surface area contributed by atoms with E-state index in [1.165, 1.54) is 15.3 Å². The molecule has 1 N–H and O–H groups in total. The monoisotopic (exact) mass is 587 g/mol. The Bertz CT molecular complexity index is 1340. The maximum Gasteiger partial charge on any atom is 0.253 e. The number of hydrogen-bond acceptors (Lipinski definition) is 7. The van der Waals surface area contributed by atoms with Crippen LogP contribution in [0.5, 0.6) is 5.75 Å². The fourth-order valence-electron chi connectivity index (χ4n) is 5.30. The third kappa shape index (κ3) is 6.74. The molecule has 0 radical (unpaired) electrons. The Hall–Kier alpha value is -2.99. The zero-order valence-electron chi connectivity index (χ0n) is 24.4. The number of benzene rings is 2. The van der Waals surface area contributed by atoms with Crippen molar-refractivity contribution in [2.45, 2.75) is 43.7 Å². The Balaban J connectivity index is 1.70. The average molecular weight is 588 g/mol. The van der Waals surface area contributed by atoms with Crippen LogP contribution >= 0.6 is 0 Å². The predicted molar refractivity (Wildman–Crippen MR) is 155 cm³/mol. The largest absolute Gasteiger partial charge is 0.487 e. The summed E-state index contributed by atoms with van der Waals surface area (Å²) >= 11 is 0. The van der Waals surface area contributed by atoms with E-state index in [2.05, 4.69) is 0 Å². The summed E-state index contributed by atoms with van der Waals surface area (Å²) in [6.07, 6.45) is 0.854. The van der Waals surface area contributed by atoms with Gasteiger partial charge in [0.2, 0.25) is 15.9 Å². The van der Waals surface area contributed by atoms with Gasteiger partial charge in [-0.15, -0.1) is 0 Å². The van der Waals surface area contributed by atoms with E-state index in [0.29, 0.717) is 31.6 Å². The number of fused-ring (bicyclic) bond motifs is 1. The molecular weight excluding hydrogens is 546 g/mol. The number of carbonyl (C=O) groups is 2. The predicted octanol–water partition coefficient (Wildman–Crippen LogP) is 2.71. The average Bonchev–Trinajstić information content (AvgIpc) is 2.97. The van der Waals surface area contributed by atoms with Gasteiger partial charge in [0.25, 0.3) is 5.91 Å².